The summed E-state index contributed by atoms with van der Waals surface area (Å²) in [6.45, 7) is 2.73. The van der Waals surface area contributed by atoms with Gasteiger partial charge in [0.1, 0.15) is 6.54 Å². The van der Waals surface area contributed by atoms with Crippen molar-refractivity contribution in [3.63, 3.8) is 0 Å². The summed E-state index contributed by atoms with van der Waals surface area (Å²) in [5.74, 6) is -0.0533. The predicted octanol–water partition coefficient (Wildman–Crippen LogP) is 3.10. The smallest absolute Gasteiger partial charge is 0.282 e. The van der Waals surface area contributed by atoms with Crippen LogP contribution in [0.5, 0.6) is 0 Å². The number of benzene rings is 1. The second-order valence-corrected chi connectivity index (χ2v) is 6.88. The van der Waals surface area contributed by atoms with E-state index in [4.69, 9.17) is 23.2 Å². The van der Waals surface area contributed by atoms with E-state index in [1.165, 1.54) is 4.88 Å². The molecule has 0 radical (unpaired) electrons. The Morgan fingerprint density at radius 3 is 2.57 bits per heavy atom. The molecule has 0 saturated carbocycles. The van der Waals surface area contributed by atoms with Crippen molar-refractivity contribution in [1.82, 2.24) is 0 Å². The maximum absolute atomic E-state index is 12.3. The molecule has 1 aromatic carbocycles. The third kappa shape index (κ3) is 4.71. The number of quaternary nitrogens is 1. The molecule has 1 amide bonds. The molecule has 2 rings (SSSR count). The van der Waals surface area contributed by atoms with Gasteiger partial charge in [0.15, 0.2) is 6.04 Å². The highest BCUT2D eigenvalue weighted by molar-refractivity contribution is 7.09. The second kappa shape index (κ2) is 7.27. The summed E-state index contributed by atoms with van der Waals surface area (Å²) in [6, 6.07) is 8.93. The van der Waals surface area contributed by atoms with Crippen LogP contribution in [0.25, 0.3) is 0 Å². The zero-order chi connectivity index (χ0) is 15.4. The standard InChI is InChI=1S/C15H16Cl2N2OS/c1-10(19(2)9-14-4-3-5-21-14)15(20)18-13-7-11(16)6-12(17)8-13/h3-8,10H,9H2,1-2H3,(H,18,20)/p+1/t10-/m1/s1. The quantitative estimate of drug-likeness (QED) is 0.859. The minimum atomic E-state index is -0.176. The third-order valence-corrected chi connectivity index (χ3v) is 4.61. The lowest BCUT2D eigenvalue weighted by atomic mass is 10.2. The van der Waals surface area contributed by atoms with Crippen LogP contribution in [0.2, 0.25) is 10.0 Å². The topological polar surface area (TPSA) is 33.5 Å². The highest BCUT2D eigenvalue weighted by Crippen LogP contribution is 2.22. The maximum Gasteiger partial charge on any atom is 0.282 e. The first-order valence-electron chi connectivity index (χ1n) is 6.57. The molecule has 2 N–H and O–H groups in total. The van der Waals surface area contributed by atoms with Crippen molar-refractivity contribution in [2.45, 2.75) is 19.5 Å². The molecule has 0 fully saturated rings. The summed E-state index contributed by atoms with van der Waals surface area (Å²) in [6.07, 6.45) is 0. The van der Waals surface area contributed by atoms with Gasteiger partial charge in [-0.25, -0.2) is 0 Å². The molecular weight excluding hydrogens is 327 g/mol. The van der Waals surface area contributed by atoms with Crippen molar-refractivity contribution in [1.29, 1.82) is 0 Å². The Bertz CT molecular complexity index is 596. The number of anilines is 1. The molecule has 6 heteroatoms. The van der Waals surface area contributed by atoms with Crippen molar-refractivity contribution < 1.29 is 9.69 Å². The van der Waals surface area contributed by atoms with E-state index in [1.54, 1.807) is 29.5 Å². The first-order valence-corrected chi connectivity index (χ1v) is 8.21. The van der Waals surface area contributed by atoms with E-state index >= 15 is 0 Å². The van der Waals surface area contributed by atoms with Crippen LogP contribution in [0.3, 0.4) is 0 Å². The zero-order valence-corrected chi connectivity index (χ0v) is 14.1. The molecule has 0 aliphatic heterocycles. The van der Waals surface area contributed by atoms with Crippen LogP contribution in [0.15, 0.2) is 35.7 Å². The summed E-state index contributed by atoms with van der Waals surface area (Å²) in [5, 5.41) is 5.91. The van der Waals surface area contributed by atoms with Gasteiger partial charge in [0.05, 0.1) is 11.9 Å². The molecule has 2 aromatic rings. The number of thiophene rings is 1. The molecule has 0 aliphatic rings. The molecule has 0 aliphatic carbocycles. The molecule has 21 heavy (non-hydrogen) atoms. The Hall–Kier alpha value is -1.07. The van der Waals surface area contributed by atoms with Crippen LogP contribution in [-0.4, -0.2) is 19.0 Å². The van der Waals surface area contributed by atoms with Crippen LogP contribution < -0.4 is 10.2 Å². The highest BCUT2D eigenvalue weighted by atomic mass is 35.5. The zero-order valence-electron chi connectivity index (χ0n) is 11.8. The van der Waals surface area contributed by atoms with Crippen molar-refractivity contribution in [2.75, 3.05) is 12.4 Å². The average Bonchev–Trinajstić information content (AvgIpc) is 2.89. The fourth-order valence-corrected chi connectivity index (χ4v) is 3.27. The summed E-state index contributed by atoms with van der Waals surface area (Å²) in [5.41, 5.74) is 0.619. The van der Waals surface area contributed by atoms with Crippen molar-refractivity contribution in [3.05, 3.63) is 50.6 Å². The molecule has 2 atom stereocenters. The van der Waals surface area contributed by atoms with E-state index < -0.39 is 0 Å². The van der Waals surface area contributed by atoms with Gasteiger partial charge in [-0.2, -0.15) is 0 Å². The van der Waals surface area contributed by atoms with Gasteiger partial charge in [0.25, 0.3) is 5.91 Å². The third-order valence-electron chi connectivity index (χ3n) is 3.30. The largest absolute Gasteiger partial charge is 0.323 e. The monoisotopic (exact) mass is 343 g/mol. The first kappa shape index (κ1) is 16.3. The van der Waals surface area contributed by atoms with Crippen LogP contribution in [-0.2, 0) is 11.3 Å². The SMILES string of the molecule is C[C@H](C(=O)Nc1cc(Cl)cc(Cl)c1)[NH+](C)Cc1cccs1. The van der Waals surface area contributed by atoms with Crippen LogP contribution in [0, 0.1) is 0 Å². The summed E-state index contributed by atoms with van der Waals surface area (Å²) >= 11 is 13.6. The van der Waals surface area contributed by atoms with Gasteiger partial charge >= 0.3 is 0 Å². The second-order valence-electron chi connectivity index (χ2n) is 4.97. The highest BCUT2D eigenvalue weighted by Gasteiger charge is 2.22. The van der Waals surface area contributed by atoms with Gasteiger partial charge in [-0.15, -0.1) is 11.3 Å². The fourth-order valence-electron chi connectivity index (χ4n) is 1.94. The van der Waals surface area contributed by atoms with E-state index in [-0.39, 0.29) is 11.9 Å². The molecule has 1 unspecified atom stereocenters. The minimum absolute atomic E-state index is 0.0533. The Balaban J connectivity index is 1.98. The van der Waals surface area contributed by atoms with Crippen LogP contribution in [0.1, 0.15) is 11.8 Å². The lowest BCUT2D eigenvalue weighted by Crippen LogP contribution is -3.12. The lowest BCUT2D eigenvalue weighted by Gasteiger charge is -2.20. The number of halogens is 2. The number of carbonyl (C=O) groups excluding carboxylic acids is 1. The van der Waals surface area contributed by atoms with E-state index in [9.17, 15) is 4.79 Å². The van der Waals surface area contributed by atoms with Gasteiger partial charge in [-0.05, 0) is 36.6 Å². The Kier molecular flexibility index (Phi) is 5.65. The normalized spacial score (nSPS) is 13.7. The first-order chi connectivity index (χ1) is 9.95. The van der Waals surface area contributed by atoms with Gasteiger partial charge in [-0.1, -0.05) is 29.3 Å². The number of rotatable bonds is 5. The Morgan fingerprint density at radius 1 is 1.33 bits per heavy atom. The van der Waals surface area contributed by atoms with Gasteiger partial charge in [0.2, 0.25) is 0 Å². The van der Waals surface area contributed by atoms with E-state index in [0.29, 0.717) is 15.7 Å². The van der Waals surface area contributed by atoms with Crippen molar-refractivity contribution in [2.24, 2.45) is 0 Å². The molecule has 0 spiro atoms. The fraction of sp³-hybridized carbons (Fsp3) is 0.267. The Morgan fingerprint density at radius 2 is 2.00 bits per heavy atom. The van der Waals surface area contributed by atoms with E-state index in [1.807, 2.05) is 25.4 Å². The minimum Gasteiger partial charge on any atom is -0.323 e. The molecule has 0 bridgehead atoms. The van der Waals surface area contributed by atoms with Gasteiger partial charge in [-0.3, -0.25) is 4.79 Å². The van der Waals surface area contributed by atoms with Crippen molar-refractivity contribution in [3.8, 4) is 0 Å². The number of amides is 1. The van der Waals surface area contributed by atoms with Crippen LogP contribution >= 0.6 is 34.5 Å². The molecule has 0 saturated heterocycles. The number of likely N-dealkylation sites (N-methyl/N-ethyl adjacent to an activating group) is 1. The number of carbonyl (C=O) groups is 1. The number of hydrogen-bond donors (Lipinski definition) is 2. The molecule has 112 valence electrons. The molecular formula is C15H17Cl2N2OS+. The molecule has 3 nitrogen and oxygen atoms in total. The number of nitrogens with one attached hydrogen (secondary N) is 2. The molecule has 1 heterocycles. The summed E-state index contributed by atoms with van der Waals surface area (Å²) in [4.78, 5) is 14.7. The van der Waals surface area contributed by atoms with Crippen molar-refractivity contribution >= 4 is 46.1 Å². The molecule has 1 aromatic heterocycles. The summed E-state index contributed by atoms with van der Waals surface area (Å²) in [7, 11) is 2.01. The van der Waals surface area contributed by atoms with E-state index in [0.717, 1.165) is 11.4 Å². The van der Waals surface area contributed by atoms with Crippen LogP contribution in [0.4, 0.5) is 5.69 Å². The maximum atomic E-state index is 12.3. The van der Waals surface area contributed by atoms with E-state index in [2.05, 4.69) is 11.4 Å². The predicted molar refractivity (Wildman–Crippen MR) is 89.5 cm³/mol. The average molecular weight is 344 g/mol. The number of hydrogen-bond acceptors (Lipinski definition) is 2. The Labute approximate surface area is 138 Å². The van der Waals surface area contributed by atoms with Gasteiger partial charge < -0.3 is 10.2 Å². The van der Waals surface area contributed by atoms with Gasteiger partial charge in [0, 0.05) is 15.7 Å². The summed E-state index contributed by atoms with van der Waals surface area (Å²) < 4.78 is 0. The lowest BCUT2D eigenvalue weighted by molar-refractivity contribution is -0.907.